The summed E-state index contributed by atoms with van der Waals surface area (Å²) in [5, 5.41) is 2.78. The van der Waals surface area contributed by atoms with E-state index in [1.165, 1.54) is 19.4 Å². The Hall–Kier alpha value is -2.89. The lowest BCUT2D eigenvalue weighted by Crippen LogP contribution is -2.45. The number of carbonyl (C=O) groups excluding carboxylic acids is 2. The summed E-state index contributed by atoms with van der Waals surface area (Å²) in [7, 11) is -3.61. The summed E-state index contributed by atoms with van der Waals surface area (Å²) in [6.45, 7) is -1.71. The van der Waals surface area contributed by atoms with Gasteiger partial charge in [0.05, 0.1) is 37.3 Å². The standard InChI is InChI=1S/C18H18F3N3O5S/c1-29-12-2-3-15-14(6-12)13(4-5-22-15)17(26)23-8-16(25)24-10-18(19,20)7-11(24)9-30(21,27)28/h2-6,11H,7-10H2,1H3,(H,23,26). The van der Waals surface area contributed by atoms with E-state index in [0.717, 1.165) is 0 Å². The van der Waals surface area contributed by atoms with Crippen molar-refractivity contribution in [2.24, 2.45) is 0 Å². The Morgan fingerprint density at radius 3 is 2.73 bits per heavy atom. The van der Waals surface area contributed by atoms with E-state index < -0.39 is 59.3 Å². The predicted octanol–water partition coefficient (Wildman–Crippen LogP) is 1.51. The fraction of sp³-hybridized carbons (Fsp3) is 0.389. The highest BCUT2D eigenvalue weighted by Gasteiger charge is 2.48. The lowest BCUT2D eigenvalue weighted by Gasteiger charge is -2.22. The van der Waals surface area contributed by atoms with Crippen molar-refractivity contribution in [2.75, 3.05) is 26.0 Å². The maximum atomic E-state index is 13.7. The van der Waals surface area contributed by atoms with Gasteiger partial charge in [-0.3, -0.25) is 14.6 Å². The van der Waals surface area contributed by atoms with E-state index in [1.807, 2.05) is 0 Å². The molecular formula is C18H18F3N3O5S. The van der Waals surface area contributed by atoms with Gasteiger partial charge in [-0.25, -0.2) is 8.78 Å². The molecule has 0 saturated carbocycles. The Kier molecular flexibility index (Phi) is 5.88. The molecule has 2 amide bonds. The van der Waals surface area contributed by atoms with Gasteiger partial charge in [-0.2, -0.15) is 8.42 Å². The number of fused-ring (bicyclic) bond motifs is 1. The van der Waals surface area contributed by atoms with E-state index in [0.29, 0.717) is 21.6 Å². The van der Waals surface area contributed by atoms with Gasteiger partial charge in [0.2, 0.25) is 5.91 Å². The van der Waals surface area contributed by atoms with Gasteiger partial charge >= 0.3 is 10.2 Å². The van der Waals surface area contributed by atoms with Crippen molar-refractivity contribution in [3.8, 4) is 5.75 Å². The zero-order chi connectivity index (χ0) is 22.1. The number of hydrogen-bond donors (Lipinski definition) is 1. The summed E-state index contributed by atoms with van der Waals surface area (Å²) in [5.74, 6) is -5.69. The molecule has 0 radical (unpaired) electrons. The Morgan fingerprint density at radius 2 is 2.07 bits per heavy atom. The molecule has 8 nitrogen and oxygen atoms in total. The molecule has 0 bridgehead atoms. The van der Waals surface area contributed by atoms with Crippen molar-refractivity contribution >= 4 is 32.9 Å². The van der Waals surface area contributed by atoms with E-state index in [1.54, 1.807) is 18.2 Å². The van der Waals surface area contributed by atoms with Gasteiger partial charge in [0.1, 0.15) is 11.5 Å². The number of likely N-dealkylation sites (tertiary alicyclic amines) is 1. The molecule has 1 aliphatic heterocycles. The first kappa shape index (κ1) is 21.8. The van der Waals surface area contributed by atoms with Crippen molar-refractivity contribution in [3.63, 3.8) is 0 Å². The Morgan fingerprint density at radius 1 is 1.33 bits per heavy atom. The Bertz CT molecular complexity index is 1090. The highest BCUT2D eigenvalue weighted by molar-refractivity contribution is 7.86. The normalized spacial score (nSPS) is 18.4. The minimum atomic E-state index is -5.06. The number of hydrogen-bond acceptors (Lipinski definition) is 6. The van der Waals surface area contributed by atoms with E-state index in [-0.39, 0.29) is 5.56 Å². The van der Waals surface area contributed by atoms with Crippen LogP contribution in [0.25, 0.3) is 10.9 Å². The SMILES string of the molecule is COc1ccc2nccc(C(=O)NCC(=O)N3CC(F)(F)CC3CS(=O)(=O)F)c2c1. The van der Waals surface area contributed by atoms with Crippen molar-refractivity contribution in [3.05, 3.63) is 36.0 Å². The van der Waals surface area contributed by atoms with Crippen LogP contribution in [0.3, 0.4) is 0 Å². The molecule has 3 rings (SSSR count). The molecular weight excluding hydrogens is 427 g/mol. The van der Waals surface area contributed by atoms with Gasteiger partial charge in [0.25, 0.3) is 11.8 Å². The Labute approximate surface area is 170 Å². The molecule has 1 aromatic carbocycles. The second-order valence-electron chi connectivity index (χ2n) is 6.87. The first-order chi connectivity index (χ1) is 14.0. The number of amides is 2. The zero-order valence-corrected chi connectivity index (χ0v) is 16.6. The summed E-state index contributed by atoms with van der Waals surface area (Å²) in [4.78, 5) is 29.6. The molecule has 1 fully saturated rings. The van der Waals surface area contributed by atoms with E-state index in [2.05, 4.69) is 10.3 Å². The van der Waals surface area contributed by atoms with Crippen molar-refractivity contribution in [1.29, 1.82) is 0 Å². The van der Waals surface area contributed by atoms with Crippen LogP contribution in [-0.4, -0.2) is 68.0 Å². The summed E-state index contributed by atoms with van der Waals surface area (Å²) in [5.41, 5.74) is 0.684. The molecule has 1 saturated heterocycles. The minimum absolute atomic E-state index is 0.182. The van der Waals surface area contributed by atoms with Crippen molar-refractivity contribution in [2.45, 2.75) is 18.4 Å². The molecule has 2 aromatic rings. The largest absolute Gasteiger partial charge is 0.497 e. The smallest absolute Gasteiger partial charge is 0.304 e. The number of aromatic nitrogens is 1. The first-order valence-electron chi connectivity index (χ1n) is 8.80. The van der Waals surface area contributed by atoms with Crippen molar-refractivity contribution < 1.29 is 35.4 Å². The van der Waals surface area contributed by atoms with E-state index in [9.17, 15) is 30.7 Å². The molecule has 1 N–H and O–H groups in total. The predicted molar refractivity (Wildman–Crippen MR) is 101 cm³/mol. The maximum absolute atomic E-state index is 13.7. The number of nitrogens with one attached hydrogen (secondary N) is 1. The number of halogens is 3. The topological polar surface area (TPSA) is 106 Å². The fourth-order valence-corrected chi connectivity index (χ4v) is 4.13. The number of carbonyl (C=O) groups is 2. The lowest BCUT2D eigenvalue weighted by atomic mass is 10.1. The molecule has 0 spiro atoms. The third-order valence-corrected chi connectivity index (χ3v) is 5.46. The molecule has 30 heavy (non-hydrogen) atoms. The van der Waals surface area contributed by atoms with Gasteiger partial charge in [-0.05, 0) is 24.3 Å². The van der Waals surface area contributed by atoms with E-state index >= 15 is 0 Å². The molecule has 1 aromatic heterocycles. The van der Waals surface area contributed by atoms with Gasteiger partial charge in [-0.15, -0.1) is 3.89 Å². The first-order valence-corrected chi connectivity index (χ1v) is 10.3. The number of ether oxygens (including phenoxy) is 1. The van der Waals surface area contributed by atoms with Crippen molar-refractivity contribution in [1.82, 2.24) is 15.2 Å². The Balaban J connectivity index is 1.74. The molecule has 1 atom stereocenters. The second kappa shape index (κ2) is 8.09. The van der Waals surface area contributed by atoms with Crippen LogP contribution in [0, 0.1) is 0 Å². The molecule has 2 heterocycles. The van der Waals surface area contributed by atoms with Gasteiger partial charge < -0.3 is 15.0 Å². The summed E-state index contributed by atoms with van der Waals surface area (Å²) < 4.78 is 67.2. The monoisotopic (exact) mass is 445 g/mol. The maximum Gasteiger partial charge on any atom is 0.304 e. The highest BCUT2D eigenvalue weighted by atomic mass is 32.3. The average molecular weight is 445 g/mol. The summed E-state index contributed by atoms with van der Waals surface area (Å²) >= 11 is 0. The van der Waals surface area contributed by atoms with E-state index in [4.69, 9.17) is 4.74 Å². The van der Waals surface area contributed by atoms with Crippen LogP contribution in [0.5, 0.6) is 5.75 Å². The summed E-state index contributed by atoms with van der Waals surface area (Å²) in [6, 6.07) is 4.80. The van der Waals surface area contributed by atoms with Crippen LogP contribution in [-0.2, 0) is 15.0 Å². The lowest BCUT2D eigenvalue weighted by molar-refractivity contribution is -0.131. The number of alkyl halides is 2. The fourth-order valence-electron chi connectivity index (χ4n) is 3.37. The molecule has 1 aliphatic rings. The van der Waals surface area contributed by atoms with Crippen LogP contribution in [0.15, 0.2) is 30.5 Å². The molecule has 162 valence electrons. The number of methoxy groups -OCH3 is 1. The van der Waals surface area contributed by atoms with Gasteiger partial charge in [-0.1, -0.05) is 0 Å². The quantitative estimate of drug-likeness (QED) is 0.676. The third kappa shape index (κ3) is 4.99. The third-order valence-electron chi connectivity index (χ3n) is 4.68. The van der Waals surface area contributed by atoms with Crippen LogP contribution in [0.1, 0.15) is 16.8 Å². The molecule has 1 unspecified atom stereocenters. The number of benzene rings is 1. The van der Waals surface area contributed by atoms with Crippen LogP contribution < -0.4 is 10.1 Å². The zero-order valence-electron chi connectivity index (χ0n) is 15.8. The number of rotatable bonds is 6. The van der Waals surface area contributed by atoms with Crippen LogP contribution in [0.4, 0.5) is 12.7 Å². The van der Waals surface area contributed by atoms with Crippen LogP contribution in [0.2, 0.25) is 0 Å². The molecule has 12 heteroatoms. The van der Waals surface area contributed by atoms with Crippen LogP contribution >= 0.6 is 0 Å². The summed E-state index contributed by atoms with van der Waals surface area (Å²) in [6.07, 6.45) is 0.430. The number of nitrogens with zero attached hydrogens (tertiary/aromatic N) is 2. The number of pyridine rings is 1. The van der Waals surface area contributed by atoms with Gasteiger partial charge in [0.15, 0.2) is 0 Å². The molecule has 0 aliphatic carbocycles. The average Bonchev–Trinajstić information content (AvgIpc) is 2.97. The highest BCUT2D eigenvalue weighted by Crippen LogP contribution is 2.33. The van der Waals surface area contributed by atoms with Gasteiger partial charge in [0, 0.05) is 18.0 Å². The second-order valence-corrected chi connectivity index (χ2v) is 8.28. The minimum Gasteiger partial charge on any atom is -0.497 e.